The van der Waals surface area contributed by atoms with Crippen LogP contribution in [0.5, 0.6) is 0 Å². The molecule has 1 atom stereocenters. The molecule has 1 unspecified atom stereocenters. The predicted octanol–water partition coefficient (Wildman–Crippen LogP) is 3.74. The molecule has 1 saturated heterocycles. The van der Waals surface area contributed by atoms with Gasteiger partial charge in [-0.2, -0.15) is 0 Å². The molecule has 1 heterocycles. The van der Waals surface area contributed by atoms with Gasteiger partial charge in [0.15, 0.2) is 0 Å². The number of piperidine rings is 1. The summed E-state index contributed by atoms with van der Waals surface area (Å²) >= 11 is 0. The van der Waals surface area contributed by atoms with Crippen LogP contribution in [-0.4, -0.2) is 35.7 Å². The van der Waals surface area contributed by atoms with E-state index in [0.717, 1.165) is 32.5 Å². The molecule has 0 saturated carbocycles. The van der Waals surface area contributed by atoms with Gasteiger partial charge < -0.3 is 10.4 Å². The molecule has 0 amide bonds. The summed E-state index contributed by atoms with van der Waals surface area (Å²) in [6, 6.07) is 9.19. The molecule has 0 radical (unpaired) electrons. The number of aliphatic hydroxyl groups is 1. The maximum absolute atomic E-state index is 9.25. The molecular weight excluding hydrogens is 272 g/mol. The summed E-state index contributed by atoms with van der Waals surface area (Å²) in [6.07, 6.45) is 3.43. The van der Waals surface area contributed by atoms with Gasteiger partial charge in [0, 0.05) is 24.9 Å². The molecular formula is C19H32N2O. The van der Waals surface area contributed by atoms with Crippen molar-refractivity contribution < 1.29 is 5.11 Å². The van der Waals surface area contributed by atoms with Crippen molar-refractivity contribution in [1.82, 2.24) is 4.90 Å². The second-order valence-electron chi connectivity index (χ2n) is 7.23. The van der Waals surface area contributed by atoms with Crippen LogP contribution in [0.2, 0.25) is 0 Å². The van der Waals surface area contributed by atoms with Gasteiger partial charge in [0.25, 0.3) is 0 Å². The van der Waals surface area contributed by atoms with E-state index < -0.39 is 0 Å². The summed E-state index contributed by atoms with van der Waals surface area (Å²) in [5.41, 5.74) is 2.67. The van der Waals surface area contributed by atoms with E-state index in [0.29, 0.717) is 24.5 Å². The molecule has 1 aromatic rings. The number of nitrogens with one attached hydrogen (secondary N) is 1. The van der Waals surface area contributed by atoms with E-state index in [4.69, 9.17) is 0 Å². The molecule has 0 aromatic heterocycles. The summed E-state index contributed by atoms with van der Waals surface area (Å²) in [6.45, 7) is 10.4. The van der Waals surface area contributed by atoms with Gasteiger partial charge in [-0.3, -0.25) is 4.90 Å². The van der Waals surface area contributed by atoms with Crippen LogP contribution < -0.4 is 5.32 Å². The minimum absolute atomic E-state index is 0.346. The molecule has 3 heteroatoms. The number of benzene rings is 1. The number of para-hydroxylation sites is 1. The summed E-state index contributed by atoms with van der Waals surface area (Å²) in [7, 11) is 0. The van der Waals surface area contributed by atoms with Crippen molar-refractivity contribution in [3.63, 3.8) is 0 Å². The predicted molar refractivity (Wildman–Crippen MR) is 94.1 cm³/mol. The zero-order valence-electron chi connectivity index (χ0n) is 14.4. The van der Waals surface area contributed by atoms with Gasteiger partial charge in [0.2, 0.25) is 0 Å². The largest absolute Gasteiger partial charge is 0.396 e. The lowest BCUT2D eigenvalue weighted by molar-refractivity contribution is 0.127. The quantitative estimate of drug-likeness (QED) is 0.805. The van der Waals surface area contributed by atoms with Crippen LogP contribution in [0.1, 0.15) is 45.6 Å². The van der Waals surface area contributed by atoms with Gasteiger partial charge in [-0.25, -0.2) is 0 Å². The van der Waals surface area contributed by atoms with Crippen molar-refractivity contribution in [2.24, 2.45) is 11.8 Å². The number of nitrogens with zero attached hydrogens (tertiary/aromatic N) is 1. The van der Waals surface area contributed by atoms with Gasteiger partial charge >= 0.3 is 0 Å². The summed E-state index contributed by atoms with van der Waals surface area (Å²) in [5.74, 6) is 1.22. The lowest BCUT2D eigenvalue weighted by Crippen LogP contribution is -2.34. The minimum atomic E-state index is 0.346. The first-order valence-electron chi connectivity index (χ1n) is 8.76. The van der Waals surface area contributed by atoms with Gasteiger partial charge in [-0.05, 0) is 62.7 Å². The van der Waals surface area contributed by atoms with Crippen molar-refractivity contribution in [3.05, 3.63) is 29.8 Å². The zero-order valence-corrected chi connectivity index (χ0v) is 14.4. The van der Waals surface area contributed by atoms with E-state index in [1.807, 2.05) is 0 Å². The van der Waals surface area contributed by atoms with E-state index in [9.17, 15) is 5.11 Å². The standard InChI is InChI=1S/C19H32N2O/c1-15(2)12-16(3)20-19-7-5-4-6-18(19)13-21-10-8-17(14-22)9-11-21/h4-7,15-17,20,22H,8-14H2,1-3H3. The van der Waals surface area contributed by atoms with Crippen LogP contribution in [0.25, 0.3) is 0 Å². The Kier molecular flexibility index (Phi) is 6.71. The molecule has 2 N–H and O–H groups in total. The molecule has 22 heavy (non-hydrogen) atoms. The Balaban J connectivity index is 1.93. The highest BCUT2D eigenvalue weighted by molar-refractivity contribution is 5.51. The van der Waals surface area contributed by atoms with Gasteiger partial charge in [0.1, 0.15) is 0 Å². The Bertz CT molecular complexity index is 439. The van der Waals surface area contributed by atoms with Crippen molar-refractivity contribution in [2.75, 3.05) is 25.0 Å². The molecule has 0 bridgehead atoms. The molecule has 1 aromatic carbocycles. The van der Waals surface area contributed by atoms with Gasteiger partial charge in [0.05, 0.1) is 0 Å². The molecule has 3 nitrogen and oxygen atoms in total. The molecule has 0 aliphatic carbocycles. The van der Waals surface area contributed by atoms with Crippen LogP contribution in [0.4, 0.5) is 5.69 Å². The van der Waals surface area contributed by atoms with Crippen LogP contribution in [-0.2, 0) is 6.54 Å². The highest BCUT2D eigenvalue weighted by Gasteiger charge is 2.19. The topological polar surface area (TPSA) is 35.5 Å². The summed E-state index contributed by atoms with van der Waals surface area (Å²) < 4.78 is 0. The Labute approximate surface area is 135 Å². The molecule has 2 rings (SSSR count). The monoisotopic (exact) mass is 304 g/mol. The van der Waals surface area contributed by atoms with Gasteiger partial charge in [-0.15, -0.1) is 0 Å². The third-order valence-corrected chi connectivity index (χ3v) is 4.60. The zero-order chi connectivity index (χ0) is 15.9. The summed E-state index contributed by atoms with van der Waals surface area (Å²) in [4.78, 5) is 2.51. The van der Waals surface area contributed by atoms with Gasteiger partial charge in [-0.1, -0.05) is 32.0 Å². The molecule has 1 aliphatic heterocycles. The van der Waals surface area contributed by atoms with E-state index in [2.05, 4.69) is 55.3 Å². The average molecular weight is 304 g/mol. The third kappa shape index (κ3) is 5.29. The first-order valence-corrected chi connectivity index (χ1v) is 8.76. The SMILES string of the molecule is CC(C)CC(C)Nc1ccccc1CN1CCC(CO)CC1. The Hall–Kier alpha value is -1.06. The van der Waals surface area contributed by atoms with E-state index >= 15 is 0 Å². The average Bonchev–Trinajstić information content (AvgIpc) is 2.49. The number of hydrogen-bond donors (Lipinski definition) is 2. The normalized spacial score (nSPS) is 18.6. The fourth-order valence-corrected chi connectivity index (χ4v) is 3.40. The lowest BCUT2D eigenvalue weighted by Gasteiger charge is -2.31. The fourth-order valence-electron chi connectivity index (χ4n) is 3.40. The Morgan fingerprint density at radius 2 is 1.86 bits per heavy atom. The van der Waals surface area contributed by atoms with E-state index in [1.54, 1.807) is 0 Å². The first kappa shape index (κ1) is 17.3. The second-order valence-corrected chi connectivity index (χ2v) is 7.23. The fraction of sp³-hybridized carbons (Fsp3) is 0.684. The van der Waals surface area contributed by atoms with Crippen molar-refractivity contribution in [2.45, 2.75) is 52.6 Å². The molecule has 0 spiro atoms. The third-order valence-electron chi connectivity index (χ3n) is 4.60. The Morgan fingerprint density at radius 1 is 1.18 bits per heavy atom. The van der Waals surface area contributed by atoms with E-state index in [-0.39, 0.29) is 0 Å². The second kappa shape index (κ2) is 8.54. The number of aliphatic hydroxyl groups excluding tert-OH is 1. The van der Waals surface area contributed by atoms with Crippen LogP contribution in [0.15, 0.2) is 24.3 Å². The van der Waals surface area contributed by atoms with Crippen molar-refractivity contribution in [1.29, 1.82) is 0 Å². The number of likely N-dealkylation sites (tertiary alicyclic amines) is 1. The lowest BCUT2D eigenvalue weighted by atomic mass is 9.97. The minimum Gasteiger partial charge on any atom is -0.396 e. The molecule has 1 fully saturated rings. The molecule has 1 aliphatic rings. The highest BCUT2D eigenvalue weighted by atomic mass is 16.3. The van der Waals surface area contributed by atoms with Crippen LogP contribution >= 0.6 is 0 Å². The first-order chi connectivity index (χ1) is 10.6. The number of anilines is 1. The highest BCUT2D eigenvalue weighted by Crippen LogP contribution is 2.23. The van der Waals surface area contributed by atoms with Crippen LogP contribution in [0, 0.1) is 11.8 Å². The van der Waals surface area contributed by atoms with E-state index in [1.165, 1.54) is 17.7 Å². The van der Waals surface area contributed by atoms with Crippen molar-refractivity contribution in [3.8, 4) is 0 Å². The maximum Gasteiger partial charge on any atom is 0.0460 e. The Morgan fingerprint density at radius 3 is 2.50 bits per heavy atom. The molecule has 124 valence electrons. The maximum atomic E-state index is 9.25. The number of hydrogen-bond acceptors (Lipinski definition) is 3. The number of rotatable bonds is 7. The van der Waals surface area contributed by atoms with Crippen molar-refractivity contribution >= 4 is 5.69 Å². The smallest absolute Gasteiger partial charge is 0.0460 e. The van der Waals surface area contributed by atoms with Crippen LogP contribution in [0.3, 0.4) is 0 Å². The summed E-state index contributed by atoms with van der Waals surface area (Å²) in [5, 5.41) is 12.9.